The topological polar surface area (TPSA) is 80.2 Å². The number of Topliss-reactive ketones (excluding diaryl/α,β-unsaturated/α-hetero) is 1. The van der Waals surface area contributed by atoms with Crippen molar-refractivity contribution in [3.05, 3.63) is 52.3 Å². The molecule has 1 aliphatic rings. The molecule has 0 spiro atoms. The number of anilines is 1. The minimum Gasteiger partial charge on any atom is -0.346 e. The fourth-order valence-electron chi connectivity index (χ4n) is 4.47. The summed E-state index contributed by atoms with van der Waals surface area (Å²) in [6.45, 7) is 7.64. The van der Waals surface area contributed by atoms with Crippen LogP contribution in [0.25, 0.3) is 0 Å². The monoisotopic (exact) mass is 409 g/mol. The van der Waals surface area contributed by atoms with Crippen molar-refractivity contribution in [2.45, 2.75) is 59.4 Å². The molecular formula is C24H31N3O3. The molecule has 2 amide bonds. The zero-order valence-electron chi connectivity index (χ0n) is 18.5. The van der Waals surface area contributed by atoms with Crippen molar-refractivity contribution >= 4 is 23.3 Å². The van der Waals surface area contributed by atoms with Gasteiger partial charge in [0.1, 0.15) is 0 Å². The molecule has 1 aromatic heterocycles. The number of rotatable bonds is 5. The molecule has 1 heterocycles. The van der Waals surface area contributed by atoms with Gasteiger partial charge in [-0.25, -0.2) is 0 Å². The van der Waals surface area contributed by atoms with Gasteiger partial charge in [0.2, 0.25) is 0 Å². The molecule has 3 rings (SSSR count). The fourth-order valence-corrected chi connectivity index (χ4v) is 4.47. The highest BCUT2D eigenvalue weighted by molar-refractivity contribution is 6.43. The Morgan fingerprint density at radius 3 is 2.50 bits per heavy atom. The number of carbonyl (C=O) groups is 3. The second-order valence-electron chi connectivity index (χ2n) is 8.59. The first-order chi connectivity index (χ1) is 14.2. The van der Waals surface area contributed by atoms with E-state index in [1.807, 2.05) is 31.2 Å². The van der Waals surface area contributed by atoms with Crippen LogP contribution in [0.2, 0.25) is 0 Å². The van der Waals surface area contributed by atoms with E-state index in [-0.39, 0.29) is 17.6 Å². The van der Waals surface area contributed by atoms with Gasteiger partial charge in [-0.2, -0.15) is 0 Å². The highest BCUT2D eigenvalue weighted by Crippen LogP contribution is 2.25. The summed E-state index contributed by atoms with van der Waals surface area (Å²) < 4.78 is 1.64. The molecule has 1 aliphatic carbocycles. The first-order valence-corrected chi connectivity index (χ1v) is 10.6. The van der Waals surface area contributed by atoms with E-state index in [4.69, 9.17) is 0 Å². The Hall–Kier alpha value is -2.89. The van der Waals surface area contributed by atoms with Crippen LogP contribution in [0.5, 0.6) is 0 Å². The molecule has 1 fully saturated rings. The van der Waals surface area contributed by atoms with E-state index in [1.165, 1.54) is 0 Å². The summed E-state index contributed by atoms with van der Waals surface area (Å²) in [6.07, 6.45) is 4.02. The Morgan fingerprint density at radius 2 is 1.83 bits per heavy atom. The third-order valence-corrected chi connectivity index (χ3v) is 6.13. The van der Waals surface area contributed by atoms with Crippen LogP contribution in [-0.2, 0) is 11.8 Å². The Labute approximate surface area is 178 Å². The third-order valence-electron chi connectivity index (χ3n) is 6.13. The predicted octanol–water partition coefficient (Wildman–Crippen LogP) is 4.08. The lowest BCUT2D eigenvalue weighted by Crippen LogP contribution is -2.42. The third kappa shape index (κ3) is 4.48. The quantitative estimate of drug-likeness (QED) is 0.577. The number of amides is 2. The molecule has 2 N–H and O–H groups in total. The van der Waals surface area contributed by atoms with Gasteiger partial charge in [0.05, 0.1) is 11.3 Å². The maximum absolute atomic E-state index is 13.0. The molecule has 1 aromatic carbocycles. The van der Waals surface area contributed by atoms with E-state index >= 15 is 0 Å². The van der Waals surface area contributed by atoms with Crippen LogP contribution in [0, 0.1) is 26.7 Å². The molecule has 0 aliphatic heterocycles. The van der Waals surface area contributed by atoms with Crippen LogP contribution < -0.4 is 10.6 Å². The molecule has 2 atom stereocenters. The van der Waals surface area contributed by atoms with Crippen molar-refractivity contribution in [3.8, 4) is 0 Å². The average molecular weight is 410 g/mol. The van der Waals surface area contributed by atoms with E-state index in [0.717, 1.165) is 31.2 Å². The molecule has 6 heteroatoms. The van der Waals surface area contributed by atoms with Crippen molar-refractivity contribution in [2.24, 2.45) is 13.0 Å². The Morgan fingerprint density at radius 1 is 1.10 bits per heavy atom. The molecular weight excluding hydrogens is 378 g/mol. The Bertz CT molecular complexity index is 990. The first-order valence-electron chi connectivity index (χ1n) is 10.6. The fraction of sp³-hybridized carbons (Fsp3) is 0.458. The van der Waals surface area contributed by atoms with E-state index in [1.54, 1.807) is 25.5 Å². The summed E-state index contributed by atoms with van der Waals surface area (Å²) in [5.74, 6) is -0.920. The summed E-state index contributed by atoms with van der Waals surface area (Å²) >= 11 is 0. The molecule has 0 saturated heterocycles. The van der Waals surface area contributed by atoms with Gasteiger partial charge in [-0.15, -0.1) is 0 Å². The molecule has 0 radical (unpaired) electrons. The van der Waals surface area contributed by atoms with Gasteiger partial charge in [-0.3, -0.25) is 14.4 Å². The first kappa shape index (κ1) is 21.8. The molecule has 2 aromatic rings. The number of benzene rings is 1. The lowest BCUT2D eigenvalue weighted by atomic mass is 9.87. The number of hydrogen-bond donors (Lipinski definition) is 2. The van der Waals surface area contributed by atoms with Crippen molar-refractivity contribution < 1.29 is 14.4 Å². The lowest BCUT2D eigenvalue weighted by molar-refractivity contribution is -0.118. The van der Waals surface area contributed by atoms with E-state index in [0.29, 0.717) is 28.4 Å². The van der Waals surface area contributed by atoms with Gasteiger partial charge >= 0.3 is 0 Å². The van der Waals surface area contributed by atoms with Crippen LogP contribution in [0.1, 0.15) is 70.3 Å². The minimum atomic E-state index is -0.594. The summed E-state index contributed by atoms with van der Waals surface area (Å²) in [5, 5.41) is 5.80. The Kier molecular flexibility index (Phi) is 6.44. The largest absolute Gasteiger partial charge is 0.346 e. The lowest BCUT2D eigenvalue weighted by Gasteiger charge is -2.27. The molecule has 0 unspecified atom stereocenters. The summed E-state index contributed by atoms with van der Waals surface area (Å²) in [6, 6.07) is 7.58. The second-order valence-corrected chi connectivity index (χ2v) is 8.59. The second kappa shape index (κ2) is 8.86. The minimum absolute atomic E-state index is 0.0379. The van der Waals surface area contributed by atoms with Gasteiger partial charge < -0.3 is 15.2 Å². The van der Waals surface area contributed by atoms with E-state index in [2.05, 4.69) is 17.6 Å². The normalized spacial score (nSPS) is 18.7. The average Bonchev–Trinajstić information content (AvgIpc) is 2.90. The van der Waals surface area contributed by atoms with Gasteiger partial charge in [0.15, 0.2) is 0 Å². The van der Waals surface area contributed by atoms with Crippen LogP contribution in [0.4, 0.5) is 5.69 Å². The molecule has 0 bridgehead atoms. The van der Waals surface area contributed by atoms with Gasteiger partial charge in [-0.05, 0) is 62.8 Å². The maximum atomic E-state index is 13.0. The summed E-state index contributed by atoms with van der Waals surface area (Å²) in [7, 11) is 1.72. The summed E-state index contributed by atoms with van der Waals surface area (Å²) in [4.78, 5) is 38.6. The van der Waals surface area contributed by atoms with Gasteiger partial charge in [0.25, 0.3) is 17.6 Å². The number of aryl methyl sites for hydroxylation is 1. The molecule has 30 heavy (non-hydrogen) atoms. The highest BCUT2D eigenvalue weighted by atomic mass is 16.2. The molecule has 1 saturated carbocycles. The zero-order valence-corrected chi connectivity index (χ0v) is 18.5. The Balaban J connectivity index is 1.81. The number of nitrogens with zero attached hydrogens (tertiary/aromatic N) is 1. The number of carbonyl (C=O) groups excluding carboxylic acids is 3. The highest BCUT2D eigenvalue weighted by Gasteiger charge is 2.30. The number of nitrogens with one attached hydrogen (secondary N) is 2. The number of aromatic nitrogens is 1. The van der Waals surface area contributed by atoms with Crippen LogP contribution in [0.15, 0.2) is 24.3 Å². The van der Waals surface area contributed by atoms with Crippen LogP contribution in [-0.4, -0.2) is 28.2 Å². The molecule has 6 nitrogen and oxygen atoms in total. The molecule has 160 valence electrons. The van der Waals surface area contributed by atoms with Crippen molar-refractivity contribution in [1.29, 1.82) is 0 Å². The maximum Gasteiger partial charge on any atom is 0.294 e. The van der Waals surface area contributed by atoms with Crippen molar-refractivity contribution in [1.82, 2.24) is 9.88 Å². The van der Waals surface area contributed by atoms with Crippen LogP contribution >= 0.6 is 0 Å². The van der Waals surface area contributed by atoms with Gasteiger partial charge in [0, 0.05) is 24.5 Å². The van der Waals surface area contributed by atoms with Gasteiger partial charge in [-0.1, -0.05) is 31.9 Å². The van der Waals surface area contributed by atoms with E-state index < -0.39 is 11.7 Å². The number of hydrogen-bond acceptors (Lipinski definition) is 3. The van der Waals surface area contributed by atoms with E-state index in [9.17, 15) is 14.4 Å². The standard InChI is InChI=1S/C24H31N3O3/c1-14-8-6-10-18(12-14)25-23(29)20-16(3)21(27(5)17(20)4)22(28)24(30)26-19-11-7-9-15(2)13-19/h6,8,10,12,15,19H,7,9,11,13H2,1-5H3,(H,25,29)(H,26,30)/t15-,19-/m1/s1. The van der Waals surface area contributed by atoms with Crippen LogP contribution in [0.3, 0.4) is 0 Å². The van der Waals surface area contributed by atoms with Crippen molar-refractivity contribution in [2.75, 3.05) is 5.32 Å². The predicted molar refractivity (Wildman–Crippen MR) is 118 cm³/mol. The zero-order chi connectivity index (χ0) is 22.0. The number of ketones is 1. The summed E-state index contributed by atoms with van der Waals surface area (Å²) in [5.41, 5.74) is 3.61. The van der Waals surface area contributed by atoms with Crippen molar-refractivity contribution in [3.63, 3.8) is 0 Å². The SMILES string of the molecule is Cc1cccc(NC(=O)c2c(C)c(C(=O)C(=O)N[C@@H]3CCC[C@@H](C)C3)n(C)c2C)c1. The smallest absolute Gasteiger partial charge is 0.294 e.